The van der Waals surface area contributed by atoms with Gasteiger partial charge in [-0.05, 0) is 37.0 Å². The van der Waals surface area contributed by atoms with Gasteiger partial charge in [-0.25, -0.2) is 4.98 Å². The van der Waals surface area contributed by atoms with E-state index in [0.29, 0.717) is 0 Å². The maximum atomic E-state index is 4.75. The van der Waals surface area contributed by atoms with Crippen molar-refractivity contribution in [1.29, 1.82) is 0 Å². The minimum Gasteiger partial charge on any atom is -0.341 e. The van der Waals surface area contributed by atoms with Gasteiger partial charge in [0.05, 0.1) is 0 Å². The van der Waals surface area contributed by atoms with Crippen molar-refractivity contribution < 1.29 is 0 Å². The highest BCUT2D eigenvalue weighted by Gasteiger charge is 2.19. The fourth-order valence-electron chi connectivity index (χ4n) is 2.83. The van der Waals surface area contributed by atoms with Crippen LogP contribution in [0.1, 0.15) is 19.8 Å². The highest BCUT2D eigenvalue weighted by molar-refractivity contribution is 5.59. The Bertz CT molecular complexity index is 584. The Morgan fingerprint density at radius 3 is 2.76 bits per heavy atom. The van der Waals surface area contributed by atoms with E-state index in [1.165, 1.54) is 12.8 Å². The van der Waals surface area contributed by atoms with Crippen molar-refractivity contribution in [3.8, 4) is 0 Å². The number of rotatable bonds is 3. The summed E-state index contributed by atoms with van der Waals surface area (Å²) in [6.45, 7) is 4.41. The van der Waals surface area contributed by atoms with Crippen LogP contribution in [0.25, 0.3) is 0 Å². The zero-order valence-electron chi connectivity index (χ0n) is 12.7. The molecule has 2 aromatic rings. The molecule has 0 bridgehead atoms. The minimum absolute atomic E-state index is 0.720. The van der Waals surface area contributed by atoms with Crippen molar-refractivity contribution in [2.75, 3.05) is 29.9 Å². The van der Waals surface area contributed by atoms with Gasteiger partial charge in [0, 0.05) is 32.0 Å². The molecular weight excluding hydrogens is 260 g/mol. The molecule has 2 heterocycles. The van der Waals surface area contributed by atoms with E-state index in [2.05, 4.69) is 33.8 Å². The first kappa shape index (κ1) is 13.9. The van der Waals surface area contributed by atoms with Crippen LogP contribution in [-0.2, 0) is 0 Å². The third-order valence-electron chi connectivity index (χ3n) is 4.06. The molecule has 1 aromatic heterocycles. The number of para-hydroxylation sites is 1. The molecule has 1 saturated heterocycles. The number of aromatic nitrogens is 2. The lowest BCUT2D eigenvalue weighted by atomic mass is 10.0. The van der Waals surface area contributed by atoms with Gasteiger partial charge in [0.2, 0.25) is 5.95 Å². The zero-order chi connectivity index (χ0) is 14.7. The Kier molecular flexibility index (Phi) is 4.04. The Hall–Kier alpha value is -2.10. The summed E-state index contributed by atoms with van der Waals surface area (Å²) in [5.74, 6) is 2.50. The van der Waals surface area contributed by atoms with E-state index in [1.807, 2.05) is 37.5 Å². The van der Waals surface area contributed by atoms with Crippen LogP contribution >= 0.6 is 0 Å². The van der Waals surface area contributed by atoms with Crippen LogP contribution in [0, 0.1) is 5.92 Å². The average molecular weight is 282 g/mol. The van der Waals surface area contributed by atoms with E-state index in [0.717, 1.165) is 36.5 Å². The second-order valence-electron chi connectivity index (χ2n) is 5.80. The van der Waals surface area contributed by atoms with Gasteiger partial charge < -0.3 is 9.80 Å². The number of piperidine rings is 1. The SMILES string of the molecule is CC1CCCN(c2nccc(N(C)c3ccccc3)n2)C1. The molecule has 0 amide bonds. The summed E-state index contributed by atoms with van der Waals surface area (Å²) in [6, 6.07) is 12.2. The molecule has 4 heteroatoms. The van der Waals surface area contributed by atoms with Gasteiger partial charge in [-0.15, -0.1) is 0 Å². The van der Waals surface area contributed by atoms with E-state index in [4.69, 9.17) is 4.98 Å². The maximum Gasteiger partial charge on any atom is 0.227 e. The molecule has 1 aromatic carbocycles. The first-order chi connectivity index (χ1) is 10.2. The molecular formula is C17H22N4. The van der Waals surface area contributed by atoms with E-state index in [-0.39, 0.29) is 0 Å². The molecule has 0 radical (unpaired) electrons. The lowest BCUT2D eigenvalue weighted by Crippen LogP contribution is -2.35. The van der Waals surface area contributed by atoms with Crippen molar-refractivity contribution in [3.63, 3.8) is 0 Å². The standard InChI is InChI=1S/C17H22N4/c1-14-7-6-12-21(13-14)17-18-11-10-16(19-17)20(2)15-8-4-3-5-9-15/h3-5,8-11,14H,6-7,12-13H2,1-2H3. The second-order valence-corrected chi connectivity index (χ2v) is 5.80. The Balaban J connectivity index is 1.83. The van der Waals surface area contributed by atoms with Crippen molar-refractivity contribution in [3.05, 3.63) is 42.6 Å². The number of anilines is 3. The number of benzene rings is 1. The van der Waals surface area contributed by atoms with E-state index in [9.17, 15) is 0 Å². The molecule has 0 saturated carbocycles. The molecule has 0 spiro atoms. The van der Waals surface area contributed by atoms with E-state index >= 15 is 0 Å². The summed E-state index contributed by atoms with van der Waals surface area (Å²) in [4.78, 5) is 13.6. The summed E-state index contributed by atoms with van der Waals surface area (Å²) in [5, 5.41) is 0. The molecule has 0 N–H and O–H groups in total. The van der Waals surface area contributed by atoms with Crippen LogP contribution < -0.4 is 9.80 Å². The van der Waals surface area contributed by atoms with Gasteiger partial charge in [0.15, 0.2) is 0 Å². The lowest BCUT2D eigenvalue weighted by Gasteiger charge is -2.31. The first-order valence-electron chi connectivity index (χ1n) is 7.61. The van der Waals surface area contributed by atoms with Gasteiger partial charge in [-0.1, -0.05) is 25.1 Å². The lowest BCUT2D eigenvalue weighted by molar-refractivity contribution is 0.442. The molecule has 1 unspecified atom stereocenters. The summed E-state index contributed by atoms with van der Waals surface area (Å²) in [5.41, 5.74) is 1.13. The fraction of sp³-hybridized carbons (Fsp3) is 0.412. The molecule has 1 aliphatic rings. The zero-order valence-corrected chi connectivity index (χ0v) is 12.7. The maximum absolute atomic E-state index is 4.75. The van der Waals surface area contributed by atoms with Crippen molar-refractivity contribution in [2.24, 2.45) is 5.92 Å². The molecule has 3 rings (SSSR count). The normalized spacial score (nSPS) is 18.6. The molecule has 1 aliphatic heterocycles. The topological polar surface area (TPSA) is 32.3 Å². The quantitative estimate of drug-likeness (QED) is 0.862. The Morgan fingerprint density at radius 1 is 1.19 bits per heavy atom. The van der Waals surface area contributed by atoms with Crippen LogP contribution in [0.3, 0.4) is 0 Å². The molecule has 1 atom stereocenters. The smallest absolute Gasteiger partial charge is 0.227 e. The Labute approximate surface area is 126 Å². The highest BCUT2D eigenvalue weighted by atomic mass is 15.3. The van der Waals surface area contributed by atoms with Gasteiger partial charge in [0.25, 0.3) is 0 Å². The predicted molar refractivity (Wildman–Crippen MR) is 87.1 cm³/mol. The largest absolute Gasteiger partial charge is 0.341 e. The van der Waals surface area contributed by atoms with Crippen LogP contribution in [0.4, 0.5) is 17.5 Å². The molecule has 4 nitrogen and oxygen atoms in total. The van der Waals surface area contributed by atoms with Gasteiger partial charge in [0.1, 0.15) is 5.82 Å². The first-order valence-corrected chi connectivity index (χ1v) is 7.61. The minimum atomic E-state index is 0.720. The summed E-state index contributed by atoms with van der Waals surface area (Å²) in [7, 11) is 2.04. The summed E-state index contributed by atoms with van der Waals surface area (Å²) in [6.07, 6.45) is 4.39. The molecule has 1 fully saturated rings. The van der Waals surface area contributed by atoms with Crippen molar-refractivity contribution in [2.45, 2.75) is 19.8 Å². The Morgan fingerprint density at radius 2 is 2.00 bits per heavy atom. The molecule has 0 aliphatic carbocycles. The average Bonchev–Trinajstić information content (AvgIpc) is 2.55. The van der Waals surface area contributed by atoms with Gasteiger partial charge in [-0.3, -0.25) is 0 Å². The predicted octanol–water partition coefficient (Wildman–Crippen LogP) is 3.48. The van der Waals surface area contributed by atoms with Gasteiger partial charge in [-0.2, -0.15) is 4.98 Å². The van der Waals surface area contributed by atoms with Crippen LogP contribution in [0.15, 0.2) is 42.6 Å². The van der Waals surface area contributed by atoms with Crippen molar-refractivity contribution in [1.82, 2.24) is 9.97 Å². The molecule has 21 heavy (non-hydrogen) atoms. The monoisotopic (exact) mass is 282 g/mol. The fourth-order valence-corrected chi connectivity index (χ4v) is 2.83. The van der Waals surface area contributed by atoms with Crippen LogP contribution in [0.5, 0.6) is 0 Å². The van der Waals surface area contributed by atoms with Crippen molar-refractivity contribution >= 4 is 17.5 Å². The number of hydrogen-bond donors (Lipinski definition) is 0. The van der Waals surface area contributed by atoms with Crippen LogP contribution in [0.2, 0.25) is 0 Å². The third-order valence-corrected chi connectivity index (χ3v) is 4.06. The third kappa shape index (κ3) is 3.15. The van der Waals surface area contributed by atoms with Gasteiger partial charge >= 0.3 is 0 Å². The summed E-state index contributed by atoms with van der Waals surface area (Å²) < 4.78 is 0. The van der Waals surface area contributed by atoms with E-state index < -0.39 is 0 Å². The highest BCUT2D eigenvalue weighted by Crippen LogP contribution is 2.24. The summed E-state index contributed by atoms with van der Waals surface area (Å²) >= 11 is 0. The number of nitrogens with zero attached hydrogens (tertiary/aromatic N) is 4. The number of hydrogen-bond acceptors (Lipinski definition) is 4. The molecule has 110 valence electrons. The van der Waals surface area contributed by atoms with E-state index in [1.54, 1.807) is 0 Å². The second kappa shape index (κ2) is 6.12. The van der Waals surface area contributed by atoms with Crippen LogP contribution in [-0.4, -0.2) is 30.1 Å².